The quantitative estimate of drug-likeness (QED) is 0.575. The van der Waals surface area contributed by atoms with Crippen LogP contribution in [0.3, 0.4) is 0 Å². The summed E-state index contributed by atoms with van der Waals surface area (Å²) >= 11 is 3.28. The van der Waals surface area contributed by atoms with Crippen molar-refractivity contribution in [2.75, 3.05) is 5.43 Å². The number of hydrogen-bond donors (Lipinski definition) is 2. The van der Waals surface area contributed by atoms with Crippen molar-refractivity contribution in [3.63, 3.8) is 0 Å². The molecule has 0 atom stereocenters. The zero-order valence-corrected chi connectivity index (χ0v) is 14.4. The minimum absolute atomic E-state index is 0.164. The Labute approximate surface area is 145 Å². The van der Waals surface area contributed by atoms with Crippen molar-refractivity contribution in [1.82, 2.24) is 5.43 Å². The van der Waals surface area contributed by atoms with Gasteiger partial charge in [0.15, 0.2) is 17.5 Å². The fourth-order valence-corrected chi connectivity index (χ4v) is 2.19. The van der Waals surface area contributed by atoms with Gasteiger partial charge in [0.05, 0.1) is 17.4 Å². The van der Waals surface area contributed by atoms with Crippen LogP contribution >= 0.6 is 15.9 Å². The fraction of sp³-hybridized carbons (Fsp3) is 0.188. The Balaban J connectivity index is 2.17. The van der Waals surface area contributed by atoms with Gasteiger partial charge in [0, 0.05) is 4.47 Å². The van der Waals surface area contributed by atoms with Crippen molar-refractivity contribution < 1.29 is 22.7 Å². The fourth-order valence-electron chi connectivity index (χ4n) is 1.85. The predicted molar refractivity (Wildman–Crippen MR) is 87.3 cm³/mol. The number of anilines is 1. The van der Waals surface area contributed by atoms with E-state index in [1.54, 1.807) is 26.0 Å². The SMILES string of the molecule is CC(C)Oc1cc(Br)ccc1C(=O)NNc1ccc(F)c(F)c1F. The Bertz CT molecular complexity index is 769. The van der Waals surface area contributed by atoms with Crippen LogP contribution in [0.15, 0.2) is 34.8 Å². The highest BCUT2D eigenvalue weighted by Gasteiger charge is 2.17. The lowest BCUT2D eigenvalue weighted by atomic mass is 10.2. The zero-order chi connectivity index (χ0) is 17.9. The third-order valence-electron chi connectivity index (χ3n) is 2.90. The van der Waals surface area contributed by atoms with Crippen LogP contribution in [0, 0.1) is 17.5 Å². The van der Waals surface area contributed by atoms with Crippen molar-refractivity contribution in [2.45, 2.75) is 20.0 Å². The van der Waals surface area contributed by atoms with Crippen LogP contribution in [0.2, 0.25) is 0 Å². The van der Waals surface area contributed by atoms with E-state index < -0.39 is 29.0 Å². The molecule has 2 N–H and O–H groups in total. The molecule has 0 saturated heterocycles. The Morgan fingerprint density at radius 3 is 2.50 bits per heavy atom. The average molecular weight is 403 g/mol. The molecule has 0 aliphatic heterocycles. The van der Waals surface area contributed by atoms with Gasteiger partial charge in [0.1, 0.15) is 5.75 Å². The van der Waals surface area contributed by atoms with Crippen molar-refractivity contribution in [2.24, 2.45) is 0 Å². The summed E-state index contributed by atoms with van der Waals surface area (Å²) in [6.07, 6.45) is -0.164. The molecule has 2 rings (SSSR count). The zero-order valence-electron chi connectivity index (χ0n) is 12.8. The maximum Gasteiger partial charge on any atom is 0.273 e. The molecule has 0 spiro atoms. The first-order valence-corrected chi connectivity index (χ1v) is 7.75. The first kappa shape index (κ1) is 18.1. The van der Waals surface area contributed by atoms with E-state index in [2.05, 4.69) is 26.8 Å². The molecule has 0 bridgehead atoms. The number of nitrogens with one attached hydrogen (secondary N) is 2. The number of amides is 1. The minimum atomic E-state index is -1.62. The van der Waals surface area contributed by atoms with Crippen molar-refractivity contribution in [3.8, 4) is 5.75 Å². The van der Waals surface area contributed by atoms with Crippen LogP contribution in [0.25, 0.3) is 0 Å². The van der Waals surface area contributed by atoms with Gasteiger partial charge in [-0.05, 0) is 44.2 Å². The standard InChI is InChI=1S/C16H14BrF3N2O2/c1-8(2)24-13-7-9(17)3-4-10(13)16(23)22-21-12-6-5-11(18)14(19)15(12)20/h3-8,21H,1-2H3,(H,22,23). The van der Waals surface area contributed by atoms with Gasteiger partial charge in [-0.15, -0.1) is 0 Å². The number of carbonyl (C=O) groups is 1. The topological polar surface area (TPSA) is 50.4 Å². The average Bonchev–Trinajstić information content (AvgIpc) is 2.51. The molecule has 0 heterocycles. The van der Waals surface area contributed by atoms with Crippen LogP contribution in [0.5, 0.6) is 5.75 Å². The summed E-state index contributed by atoms with van der Waals surface area (Å²) < 4.78 is 45.9. The van der Waals surface area contributed by atoms with Gasteiger partial charge in [-0.3, -0.25) is 15.6 Å². The molecule has 0 aromatic heterocycles. The molecule has 0 fully saturated rings. The van der Waals surface area contributed by atoms with Crippen LogP contribution in [0.4, 0.5) is 18.9 Å². The monoisotopic (exact) mass is 402 g/mol. The van der Waals surface area contributed by atoms with E-state index in [9.17, 15) is 18.0 Å². The molecular weight excluding hydrogens is 389 g/mol. The number of hydrogen-bond acceptors (Lipinski definition) is 3. The molecule has 128 valence electrons. The van der Waals surface area contributed by atoms with Gasteiger partial charge < -0.3 is 4.74 Å². The number of benzene rings is 2. The van der Waals surface area contributed by atoms with E-state index in [-0.39, 0.29) is 11.7 Å². The molecule has 0 aliphatic rings. The van der Waals surface area contributed by atoms with Crippen LogP contribution in [-0.4, -0.2) is 12.0 Å². The van der Waals surface area contributed by atoms with Gasteiger partial charge in [-0.2, -0.15) is 0 Å². The van der Waals surface area contributed by atoms with E-state index in [4.69, 9.17) is 4.74 Å². The summed E-state index contributed by atoms with van der Waals surface area (Å²) in [7, 11) is 0. The smallest absolute Gasteiger partial charge is 0.273 e. The maximum absolute atomic E-state index is 13.6. The van der Waals surface area contributed by atoms with Crippen molar-refractivity contribution in [1.29, 1.82) is 0 Å². The summed E-state index contributed by atoms with van der Waals surface area (Å²) in [4.78, 5) is 12.2. The highest BCUT2D eigenvalue weighted by molar-refractivity contribution is 9.10. The Hall–Kier alpha value is -2.22. The van der Waals surface area contributed by atoms with Crippen LogP contribution in [-0.2, 0) is 0 Å². The number of rotatable bonds is 5. The number of hydrazine groups is 1. The van der Waals surface area contributed by atoms with Gasteiger partial charge in [-0.1, -0.05) is 15.9 Å². The number of carbonyl (C=O) groups excluding carboxylic acids is 1. The van der Waals surface area contributed by atoms with Gasteiger partial charge >= 0.3 is 0 Å². The van der Waals surface area contributed by atoms with E-state index in [0.717, 1.165) is 12.1 Å². The summed E-state index contributed by atoms with van der Waals surface area (Å²) in [5, 5.41) is 0. The lowest BCUT2D eigenvalue weighted by Crippen LogP contribution is -2.30. The molecule has 0 radical (unpaired) electrons. The minimum Gasteiger partial charge on any atom is -0.490 e. The van der Waals surface area contributed by atoms with E-state index in [1.807, 2.05) is 0 Å². The first-order valence-electron chi connectivity index (χ1n) is 6.95. The van der Waals surface area contributed by atoms with Gasteiger partial charge in [-0.25, -0.2) is 13.2 Å². The summed E-state index contributed by atoms with van der Waals surface area (Å²) in [6.45, 7) is 3.61. The van der Waals surface area contributed by atoms with E-state index in [1.165, 1.54) is 6.07 Å². The van der Waals surface area contributed by atoms with Gasteiger partial charge in [0.2, 0.25) is 0 Å². The second kappa shape index (κ2) is 7.57. The molecule has 0 unspecified atom stereocenters. The van der Waals surface area contributed by atoms with E-state index in [0.29, 0.717) is 10.2 Å². The highest BCUT2D eigenvalue weighted by atomic mass is 79.9. The number of ether oxygens (including phenoxy) is 1. The Kier molecular flexibility index (Phi) is 5.71. The molecule has 24 heavy (non-hydrogen) atoms. The predicted octanol–water partition coefficient (Wildman–Crippen LogP) is 4.41. The Morgan fingerprint density at radius 2 is 1.83 bits per heavy atom. The van der Waals surface area contributed by atoms with Gasteiger partial charge in [0.25, 0.3) is 5.91 Å². The normalized spacial score (nSPS) is 10.6. The van der Waals surface area contributed by atoms with E-state index >= 15 is 0 Å². The summed E-state index contributed by atoms with van der Waals surface area (Å²) in [5.74, 6) is -4.66. The molecule has 2 aromatic carbocycles. The third-order valence-corrected chi connectivity index (χ3v) is 3.39. The molecule has 1 amide bonds. The second-order valence-electron chi connectivity index (χ2n) is 5.11. The molecule has 0 saturated carbocycles. The van der Waals surface area contributed by atoms with Crippen molar-refractivity contribution in [3.05, 3.63) is 57.8 Å². The van der Waals surface area contributed by atoms with Crippen molar-refractivity contribution >= 4 is 27.5 Å². The summed E-state index contributed by atoms with van der Waals surface area (Å²) in [5.41, 5.74) is 4.25. The maximum atomic E-state index is 13.6. The van der Waals surface area contributed by atoms with Crippen LogP contribution in [0.1, 0.15) is 24.2 Å². The van der Waals surface area contributed by atoms with Crippen LogP contribution < -0.4 is 15.6 Å². The molecule has 0 aliphatic carbocycles. The Morgan fingerprint density at radius 1 is 1.12 bits per heavy atom. The highest BCUT2D eigenvalue weighted by Crippen LogP contribution is 2.25. The third kappa shape index (κ3) is 4.19. The molecule has 2 aromatic rings. The second-order valence-corrected chi connectivity index (χ2v) is 6.02. The number of halogens is 4. The molecular formula is C16H14BrF3N2O2. The first-order chi connectivity index (χ1) is 11.3. The molecule has 4 nitrogen and oxygen atoms in total. The largest absolute Gasteiger partial charge is 0.490 e. The lowest BCUT2D eigenvalue weighted by molar-refractivity contribution is 0.0956. The lowest BCUT2D eigenvalue weighted by Gasteiger charge is -2.15. The molecule has 8 heteroatoms. The summed E-state index contributed by atoms with van der Waals surface area (Å²) in [6, 6.07) is 6.49.